The molecular weight excluding hydrogens is 472 g/mol. The van der Waals surface area contributed by atoms with Gasteiger partial charge in [0.1, 0.15) is 17.5 Å². The van der Waals surface area contributed by atoms with Gasteiger partial charge in [-0.05, 0) is 75.1 Å². The molecule has 0 fully saturated rings. The van der Waals surface area contributed by atoms with Gasteiger partial charge in [-0.2, -0.15) is 0 Å². The Morgan fingerprint density at radius 2 is 1.75 bits per heavy atom. The average molecular weight is 505 g/mol. The largest absolute Gasteiger partial charge is 0.497 e. The molecule has 2 aromatic rings. The van der Waals surface area contributed by atoms with Gasteiger partial charge in [0.25, 0.3) is 5.91 Å². The molecular formula is C25H33BrN2O4. The van der Waals surface area contributed by atoms with Crippen LogP contribution < -0.4 is 14.8 Å². The van der Waals surface area contributed by atoms with Gasteiger partial charge >= 0.3 is 0 Å². The third-order valence-electron chi connectivity index (χ3n) is 5.43. The fourth-order valence-corrected chi connectivity index (χ4v) is 3.46. The van der Waals surface area contributed by atoms with Crippen LogP contribution >= 0.6 is 15.9 Å². The number of amides is 2. The van der Waals surface area contributed by atoms with Gasteiger partial charge in [0, 0.05) is 17.1 Å². The van der Waals surface area contributed by atoms with Gasteiger partial charge in [0.05, 0.1) is 7.11 Å². The first-order valence-corrected chi connectivity index (χ1v) is 11.6. The van der Waals surface area contributed by atoms with Gasteiger partial charge in [-0.3, -0.25) is 9.59 Å². The zero-order valence-electron chi connectivity index (χ0n) is 19.7. The molecule has 0 unspecified atom stereocenters. The maximum absolute atomic E-state index is 13.2. The maximum Gasteiger partial charge on any atom is 0.261 e. The van der Waals surface area contributed by atoms with Gasteiger partial charge in [-0.15, -0.1) is 0 Å². The molecule has 6 nitrogen and oxygen atoms in total. The van der Waals surface area contributed by atoms with E-state index in [9.17, 15) is 9.59 Å². The Kier molecular flexibility index (Phi) is 9.57. The summed E-state index contributed by atoms with van der Waals surface area (Å²) in [4.78, 5) is 27.5. The second kappa shape index (κ2) is 11.9. The molecule has 0 aromatic heterocycles. The van der Waals surface area contributed by atoms with Crippen molar-refractivity contribution in [3.05, 3.63) is 57.6 Å². The van der Waals surface area contributed by atoms with Crippen LogP contribution in [0.1, 0.15) is 43.9 Å². The van der Waals surface area contributed by atoms with Crippen LogP contribution in [0.25, 0.3) is 0 Å². The van der Waals surface area contributed by atoms with Crippen molar-refractivity contribution in [1.29, 1.82) is 0 Å². The molecule has 0 radical (unpaired) electrons. The number of carbonyl (C=O) groups is 2. The molecule has 2 aromatic carbocycles. The van der Waals surface area contributed by atoms with E-state index in [1.165, 1.54) is 0 Å². The highest BCUT2D eigenvalue weighted by atomic mass is 79.9. The van der Waals surface area contributed by atoms with E-state index in [0.29, 0.717) is 11.5 Å². The lowest BCUT2D eigenvalue weighted by Gasteiger charge is -2.29. The molecule has 0 bridgehead atoms. The van der Waals surface area contributed by atoms with Gasteiger partial charge in [0.2, 0.25) is 5.91 Å². The summed E-state index contributed by atoms with van der Waals surface area (Å²) in [6.07, 6.45) is 0.813. The molecule has 0 aliphatic rings. The molecule has 2 rings (SSSR count). The number of rotatable bonds is 10. The van der Waals surface area contributed by atoms with E-state index in [2.05, 4.69) is 21.2 Å². The number of benzene rings is 2. The average Bonchev–Trinajstić information content (AvgIpc) is 2.78. The van der Waals surface area contributed by atoms with Crippen molar-refractivity contribution >= 4 is 27.7 Å². The minimum atomic E-state index is -0.653. The molecule has 174 valence electrons. The number of carbonyl (C=O) groups excluding carboxylic acids is 2. The zero-order valence-corrected chi connectivity index (χ0v) is 21.3. The van der Waals surface area contributed by atoms with Gasteiger partial charge in [-0.25, -0.2) is 0 Å². The highest BCUT2D eigenvalue weighted by molar-refractivity contribution is 9.10. The summed E-state index contributed by atoms with van der Waals surface area (Å²) in [5.74, 6) is 0.863. The van der Waals surface area contributed by atoms with Crippen LogP contribution in [0, 0.1) is 13.8 Å². The topological polar surface area (TPSA) is 67.9 Å². The Morgan fingerprint density at radius 1 is 1.09 bits per heavy atom. The Morgan fingerprint density at radius 3 is 2.34 bits per heavy atom. The molecule has 7 heteroatoms. The monoisotopic (exact) mass is 504 g/mol. The third-order valence-corrected chi connectivity index (χ3v) is 6.68. The number of nitrogens with zero attached hydrogens (tertiary/aromatic N) is 1. The normalized spacial score (nSPS) is 12.6. The summed E-state index contributed by atoms with van der Waals surface area (Å²) < 4.78 is 12.1. The number of methoxy groups -OCH3 is 1. The second-order valence-corrected chi connectivity index (χ2v) is 8.82. The molecule has 32 heavy (non-hydrogen) atoms. The van der Waals surface area contributed by atoms with Crippen LogP contribution in [0.2, 0.25) is 0 Å². The van der Waals surface area contributed by atoms with Crippen molar-refractivity contribution in [3.63, 3.8) is 0 Å². The van der Waals surface area contributed by atoms with E-state index in [-0.39, 0.29) is 31.0 Å². The molecule has 0 saturated heterocycles. The first-order chi connectivity index (χ1) is 15.2. The van der Waals surface area contributed by atoms with Crippen LogP contribution in [-0.2, 0) is 16.1 Å². The predicted molar refractivity (Wildman–Crippen MR) is 130 cm³/mol. The number of hydrogen-bond acceptors (Lipinski definition) is 4. The van der Waals surface area contributed by atoms with Crippen molar-refractivity contribution in [1.82, 2.24) is 10.2 Å². The van der Waals surface area contributed by atoms with E-state index in [1.807, 2.05) is 64.1 Å². The lowest BCUT2D eigenvalue weighted by molar-refractivity contribution is -0.142. The minimum Gasteiger partial charge on any atom is -0.497 e. The van der Waals surface area contributed by atoms with Gasteiger partial charge in [-0.1, -0.05) is 35.0 Å². The zero-order chi connectivity index (χ0) is 23.8. The Balaban J connectivity index is 2.21. The minimum absolute atomic E-state index is 0.0312. The SMILES string of the molecule is CC[C@@H](C)NC(=O)[C@@H](C)N(Cc1cccc(OC)c1)C(=O)COc1cc(C)c(Br)c(C)c1. The highest BCUT2D eigenvalue weighted by Crippen LogP contribution is 2.26. The molecule has 0 aliphatic carbocycles. The molecule has 2 amide bonds. The van der Waals surface area contributed by atoms with E-state index in [1.54, 1.807) is 18.9 Å². The van der Waals surface area contributed by atoms with Gasteiger partial charge < -0.3 is 19.7 Å². The Bertz CT molecular complexity index is 924. The first-order valence-electron chi connectivity index (χ1n) is 10.8. The van der Waals surface area contributed by atoms with Crippen molar-refractivity contribution in [2.45, 2.75) is 59.7 Å². The number of halogens is 1. The van der Waals surface area contributed by atoms with Crippen LogP contribution in [0.5, 0.6) is 11.5 Å². The third kappa shape index (κ3) is 6.99. The van der Waals surface area contributed by atoms with E-state index in [4.69, 9.17) is 9.47 Å². The molecule has 0 saturated carbocycles. The molecule has 2 atom stereocenters. The first kappa shape index (κ1) is 25.7. The predicted octanol–water partition coefficient (Wildman–Crippen LogP) is 4.79. The van der Waals surface area contributed by atoms with Crippen LogP contribution in [0.3, 0.4) is 0 Å². The van der Waals surface area contributed by atoms with Crippen molar-refractivity contribution < 1.29 is 19.1 Å². The number of aryl methyl sites for hydroxylation is 2. The second-order valence-electron chi connectivity index (χ2n) is 8.03. The summed E-state index contributed by atoms with van der Waals surface area (Å²) in [6.45, 7) is 9.75. The molecule has 0 heterocycles. The van der Waals surface area contributed by atoms with Crippen LogP contribution in [0.4, 0.5) is 0 Å². The maximum atomic E-state index is 13.2. The molecule has 0 spiro atoms. The molecule has 0 aliphatic heterocycles. The van der Waals surface area contributed by atoms with Crippen molar-refractivity contribution in [2.75, 3.05) is 13.7 Å². The lowest BCUT2D eigenvalue weighted by Crippen LogP contribution is -2.50. The summed E-state index contributed by atoms with van der Waals surface area (Å²) in [5, 5.41) is 2.96. The fraction of sp³-hybridized carbons (Fsp3) is 0.440. The number of nitrogens with one attached hydrogen (secondary N) is 1. The Hall–Kier alpha value is -2.54. The number of ether oxygens (including phenoxy) is 2. The summed E-state index contributed by atoms with van der Waals surface area (Å²) in [7, 11) is 1.60. The van der Waals surface area contributed by atoms with E-state index < -0.39 is 6.04 Å². The van der Waals surface area contributed by atoms with Crippen LogP contribution in [-0.4, -0.2) is 42.5 Å². The van der Waals surface area contributed by atoms with E-state index >= 15 is 0 Å². The standard InChI is InChI=1S/C25H33BrN2O4/c1-7-18(4)27-25(30)19(5)28(14-20-9-8-10-21(13-20)31-6)23(29)15-32-22-11-16(2)24(26)17(3)12-22/h8-13,18-19H,7,14-15H2,1-6H3,(H,27,30)/t18-,19-/m1/s1. The Labute approximate surface area is 199 Å². The molecule has 1 N–H and O–H groups in total. The summed E-state index contributed by atoms with van der Waals surface area (Å²) in [5.41, 5.74) is 2.93. The highest BCUT2D eigenvalue weighted by Gasteiger charge is 2.27. The van der Waals surface area contributed by atoms with Crippen molar-refractivity contribution in [3.8, 4) is 11.5 Å². The fourth-order valence-electron chi connectivity index (χ4n) is 3.23. The smallest absolute Gasteiger partial charge is 0.261 e. The van der Waals surface area contributed by atoms with E-state index in [0.717, 1.165) is 27.6 Å². The summed E-state index contributed by atoms with van der Waals surface area (Å²) in [6, 6.07) is 10.6. The quantitative estimate of drug-likeness (QED) is 0.505. The van der Waals surface area contributed by atoms with Gasteiger partial charge in [0.15, 0.2) is 6.61 Å². The summed E-state index contributed by atoms with van der Waals surface area (Å²) >= 11 is 3.54. The van der Waals surface area contributed by atoms with Crippen molar-refractivity contribution in [2.24, 2.45) is 0 Å². The van der Waals surface area contributed by atoms with Crippen LogP contribution in [0.15, 0.2) is 40.9 Å². The lowest BCUT2D eigenvalue weighted by atomic mass is 10.1. The number of hydrogen-bond donors (Lipinski definition) is 1.